The molecule has 0 spiro atoms. The van der Waals surface area contributed by atoms with Gasteiger partial charge in [0.1, 0.15) is 11.1 Å². The van der Waals surface area contributed by atoms with Gasteiger partial charge in [-0.1, -0.05) is 0 Å². The van der Waals surface area contributed by atoms with Crippen molar-refractivity contribution in [1.29, 1.82) is 5.26 Å². The van der Waals surface area contributed by atoms with Gasteiger partial charge in [0.15, 0.2) is 0 Å². The molecule has 1 aliphatic rings. The van der Waals surface area contributed by atoms with E-state index in [2.05, 4.69) is 21.2 Å². The van der Waals surface area contributed by atoms with Crippen molar-refractivity contribution < 1.29 is 4.79 Å². The van der Waals surface area contributed by atoms with Crippen molar-refractivity contribution in [3.63, 3.8) is 0 Å². The third-order valence-electron chi connectivity index (χ3n) is 4.36. The van der Waals surface area contributed by atoms with Crippen LogP contribution in [0.1, 0.15) is 52.7 Å². The molecule has 0 fully saturated rings. The number of thiophene rings is 1. The summed E-state index contributed by atoms with van der Waals surface area (Å²) >= 11 is 1.74. The summed E-state index contributed by atoms with van der Waals surface area (Å²) in [4.78, 5) is 12.3. The van der Waals surface area contributed by atoms with Gasteiger partial charge in [0.2, 0.25) is 5.91 Å². The lowest BCUT2D eigenvalue weighted by molar-refractivity contribution is -0.118. The molecule has 1 aliphatic carbocycles. The van der Waals surface area contributed by atoms with E-state index in [1.54, 1.807) is 17.6 Å². The molecule has 24 heavy (non-hydrogen) atoms. The Kier molecular flexibility index (Phi) is 4.54. The third kappa shape index (κ3) is 2.87. The molecule has 0 saturated carbocycles. The largest absolute Gasteiger partial charge is 0.308 e. The van der Waals surface area contributed by atoms with Gasteiger partial charge < -0.3 is 4.57 Å². The fourth-order valence-corrected chi connectivity index (χ4v) is 4.70. The number of aromatic nitrogens is 1. The van der Waals surface area contributed by atoms with Crippen LogP contribution in [0, 0.1) is 25.2 Å². The van der Waals surface area contributed by atoms with E-state index in [1.807, 2.05) is 19.9 Å². The first-order valence-corrected chi connectivity index (χ1v) is 8.88. The number of hydrazone groups is 1. The minimum absolute atomic E-state index is 0.197. The zero-order chi connectivity index (χ0) is 17.3. The summed E-state index contributed by atoms with van der Waals surface area (Å²) in [7, 11) is 0. The number of hydrogen-bond donors (Lipinski definition) is 1. The lowest BCUT2D eigenvalue weighted by atomic mass is 9.96. The van der Waals surface area contributed by atoms with Gasteiger partial charge in [-0.2, -0.15) is 10.4 Å². The third-order valence-corrected chi connectivity index (χ3v) is 5.64. The monoisotopic (exact) mass is 340 g/mol. The van der Waals surface area contributed by atoms with E-state index in [4.69, 9.17) is 0 Å². The van der Waals surface area contributed by atoms with Crippen molar-refractivity contribution in [2.45, 2.75) is 46.5 Å². The highest BCUT2D eigenvalue weighted by molar-refractivity contribution is 7.15. The SMILES string of the molecule is CC(=O)N/N=C\c1cc(C)n(-c2sc3c(c2C#N)CCCC3)c1C. The average Bonchev–Trinajstić information content (AvgIpc) is 3.04. The number of carbonyl (C=O) groups is 1. The van der Waals surface area contributed by atoms with Gasteiger partial charge in [0, 0.05) is 28.8 Å². The van der Waals surface area contributed by atoms with Gasteiger partial charge in [-0.3, -0.25) is 4.79 Å². The molecule has 3 rings (SSSR count). The highest BCUT2D eigenvalue weighted by Crippen LogP contribution is 2.38. The van der Waals surface area contributed by atoms with Crippen molar-refractivity contribution in [3.8, 4) is 11.1 Å². The molecule has 0 unspecified atom stereocenters. The predicted molar refractivity (Wildman–Crippen MR) is 95.9 cm³/mol. The zero-order valence-corrected chi connectivity index (χ0v) is 15.0. The first-order chi connectivity index (χ1) is 11.5. The summed E-state index contributed by atoms with van der Waals surface area (Å²) in [6.45, 7) is 5.47. The summed E-state index contributed by atoms with van der Waals surface area (Å²) in [6.07, 6.45) is 6.10. The molecule has 0 saturated heterocycles. The molecule has 0 aliphatic heterocycles. The van der Waals surface area contributed by atoms with Gasteiger partial charge >= 0.3 is 0 Å². The van der Waals surface area contributed by atoms with Crippen LogP contribution in [0.15, 0.2) is 11.2 Å². The standard InChI is InChI=1S/C18H20N4OS/c1-11-8-14(10-20-21-13(3)23)12(2)22(11)18-16(9-19)15-6-4-5-7-17(15)24-18/h8,10H,4-7H2,1-3H3,(H,21,23)/b20-10-. The molecule has 0 radical (unpaired) electrons. The topological polar surface area (TPSA) is 70.2 Å². The molecule has 124 valence electrons. The maximum Gasteiger partial charge on any atom is 0.236 e. The minimum Gasteiger partial charge on any atom is -0.308 e. The molecule has 0 atom stereocenters. The molecule has 1 N–H and O–H groups in total. The summed E-state index contributed by atoms with van der Waals surface area (Å²) in [6, 6.07) is 4.45. The van der Waals surface area contributed by atoms with E-state index < -0.39 is 0 Å². The zero-order valence-electron chi connectivity index (χ0n) is 14.1. The number of nitrogens with one attached hydrogen (secondary N) is 1. The lowest BCUT2D eigenvalue weighted by Gasteiger charge is -2.10. The number of aryl methyl sites for hydroxylation is 2. The van der Waals surface area contributed by atoms with Gasteiger partial charge in [0.05, 0.1) is 11.8 Å². The van der Waals surface area contributed by atoms with Gasteiger partial charge in [-0.25, -0.2) is 5.43 Å². The van der Waals surface area contributed by atoms with Crippen LogP contribution in [0.3, 0.4) is 0 Å². The molecule has 1 amide bonds. The van der Waals surface area contributed by atoms with Crippen molar-refractivity contribution in [1.82, 2.24) is 9.99 Å². The molecule has 0 bridgehead atoms. The smallest absolute Gasteiger partial charge is 0.236 e. The van der Waals surface area contributed by atoms with Gasteiger partial charge in [-0.05, 0) is 51.2 Å². The first-order valence-electron chi connectivity index (χ1n) is 8.06. The molecule has 2 aromatic heterocycles. The van der Waals surface area contributed by atoms with Crippen LogP contribution < -0.4 is 5.43 Å². The van der Waals surface area contributed by atoms with Crippen LogP contribution in [0.25, 0.3) is 5.00 Å². The second kappa shape index (κ2) is 6.62. The Hall–Kier alpha value is -2.39. The van der Waals surface area contributed by atoms with Crippen molar-refractivity contribution >= 4 is 23.5 Å². The second-order valence-electron chi connectivity index (χ2n) is 6.09. The highest BCUT2D eigenvalue weighted by Gasteiger charge is 2.23. The van der Waals surface area contributed by atoms with E-state index in [1.165, 1.54) is 23.8 Å². The quantitative estimate of drug-likeness (QED) is 0.687. The van der Waals surface area contributed by atoms with Gasteiger partial charge in [0.25, 0.3) is 0 Å². The molecule has 6 heteroatoms. The van der Waals surface area contributed by atoms with Crippen LogP contribution in [-0.2, 0) is 17.6 Å². The Balaban J connectivity index is 2.06. The van der Waals surface area contributed by atoms with E-state index in [0.717, 1.165) is 46.8 Å². The van der Waals surface area contributed by atoms with Crippen molar-refractivity contribution in [2.24, 2.45) is 5.10 Å². The molecule has 5 nitrogen and oxygen atoms in total. The van der Waals surface area contributed by atoms with E-state index in [0.29, 0.717) is 0 Å². The fourth-order valence-electron chi connectivity index (χ4n) is 3.25. The normalized spacial score (nSPS) is 13.8. The number of nitriles is 1. The average molecular weight is 340 g/mol. The summed E-state index contributed by atoms with van der Waals surface area (Å²) in [5.41, 5.74) is 7.51. The predicted octanol–water partition coefficient (Wildman–Crippen LogP) is 3.38. The van der Waals surface area contributed by atoms with Crippen LogP contribution in [0.2, 0.25) is 0 Å². The second-order valence-corrected chi connectivity index (χ2v) is 7.17. The van der Waals surface area contributed by atoms with Gasteiger partial charge in [-0.15, -0.1) is 11.3 Å². The molecule has 2 heterocycles. The Morgan fingerprint density at radius 1 is 1.42 bits per heavy atom. The number of fused-ring (bicyclic) bond motifs is 1. The number of rotatable bonds is 3. The van der Waals surface area contributed by atoms with Crippen LogP contribution in [-0.4, -0.2) is 16.7 Å². The lowest BCUT2D eigenvalue weighted by Crippen LogP contribution is -2.12. The first kappa shape index (κ1) is 16.5. The Morgan fingerprint density at radius 3 is 2.88 bits per heavy atom. The number of amides is 1. The van der Waals surface area contributed by atoms with E-state index in [-0.39, 0.29) is 5.91 Å². The molecule has 2 aromatic rings. The maximum absolute atomic E-state index is 10.9. The Labute approximate surface area is 145 Å². The van der Waals surface area contributed by atoms with Crippen molar-refractivity contribution in [2.75, 3.05) is 0 Å². The summed E-state index contributed by atoms with van der Waals surface area (Å²) in [5, 5.41) is 14.7. The molecule has 0 aromatic carbocycles. The number of hydrogen-bond acceptors (Lipinski definition) is 4. The molecular weight excluding hydrogens is 320 g/mol. The fraction of sp³-hybridized carbons (Fsp3) is 0.389. The molecular formula is C18H20N4OS. The highest BCUT2D eigenvalue weighted by atomic mass is 32.1. The summed E-state index contributed by atoms with van der Waals surface area (Å²) < 4.78 is 2.14. The number of carbonyl (C=O) groups excluding carboxylic acids is 1. The van der Waals surface area contributed by atoms with Crippen LogP contribution in [0.5, 0.6) is 0 Å². The Morgan fingerprint density at radius 2 is 2.17 bits per heavy atom. The van der Waals surface area contributed by atoms with Crippen LogP contribution >= 0.6 is 11.3 Å². The summed E-state index contributed by atoms with van der Waals surface area (Å²) in [5.74, 6) is -0.197. The maximum atomic E-state index is 10.9. The van der Waals surface area contributed by atoms with E-state index >= 15 is 0 Å². The minimum atomic E-state index is -0.197. The Bertz CT molecular complexity index is 867. The van der Waals surface area contributed by atoms with Crippen LogP contribution in [0.4, 0.5) is 0 Å². The number of nitrogens with zero attached hydrogens (tertiary/aromatic N) is 3. The van der Waals surface area contributed by atoms with Crippen molar-refractivity contribution in [3.05, 3.63) is 39.0 Å². The van der Waals surface area contributed by atoms with E-state index in [9.17, 15) is 10.1 Å².